The molecule has 0 N–H and O–H groups in total. The molecule has 8 aromatic rings. The predicted octanol–water partition coefficient (Wildman–Crippen LogP) is 14.7. The van der Waals surface area contributed by atoms with Gasteiger partial charge in [-0.3, -0.25) is 0 Å². The smallest absolute Gasteiger partial charge is 0.0640 e. The van der Waals surface area contributed by atoms with E-state index in [1.54, 1.807) is 5.56 Å². The first-order valence-corrected chi connectivity index (χ1v) is 20.4. The highest BCUT2D eigenvalue weighted by molar-refractivity contribution is 7.26. The minimum Gasteiger partial charge on any atom is -0.310 e. The van der Waals surface area contributed by atoms with Gasteiger partial charge in [0.05, 0.1) is 10.4 Å². The maximum absolute atomic E-state index is 2.47. The molecule has 0 aliphatic heterocycles. The van der Waals surface area contributed by atoms with E-state index >= 15 is 0 Å². The summed E-state index contributed by atoms with van der Waals surface area (Å²) in [6.07, 6.45) is 7.17. The predicted molar refractivity (Wildman–Crippen MR) is 229 cm³/mol. The zero-order chi connectivity index (χ0) is 35.6. The minimum atomic E-state index is 0.413. The van der Waals surface area contributed by atoms with Crippen LogP contribution in [0, 0.1) is 17.8 Å². The van der Waals surface area contributed by atoms with Crippen molar-refractivity contribution in [1.29, 1.82) is 0 Å². The van der Waals surface area contributed by atoms with E-state index in [0.29, 0.717) is 5.41 Å². The van der Waals surface area contributed by atoms with Crippen molar-refractivity contribution in [3.63, 3.8) is 0 Å². The molecule has 1 heterocycles. The molecule has 4 fully saturated rings. The van der Waals surface area contributed by atoms with E-state index < -0.39 is 0 Å². The van der Waals surface area contributed by atoms with Crippen molar-refractivity contribution in [2.24, 2.45) is 17.8 Å². The number of thiophene rings is 1. The van der Waals surface area contributed by atoms with Gasteiger partial charge in [-0.25, -0.2) is 0 Å². The second kappa shape index (κ2) is 12.7. The first-order valence-electron chi connectivity index (χ1n) is 19.6. The Labute approximate surface area is 322 Å². The van der Waals surface area contributed by atoms with Gasteiger partial charge in [-0.15, -0.1) is 11.3 Å². The summed E-state index contributed by atoms with van der Waals surface area (Å²) in [5, 5.41) is 2.57. The lowest BCUT2D eigenvalue weighted by atomic mass is 9.66. The Morgan fingerprint density at radius 3 is 1.67 bits per heavy atom. The second-order valence-electron chi connectivity index (χ2n) is 16.0. The molecule has 4 saturated carbocycles. The van der Waals surface area contributed by atoms with E-state index in [4.69, 9.17) is 0 Å². The van der Waals surface area contributed by atoms with Gasteiger partial charge < -0.3 is 9.80 Å². The van der Waals surface area contributed by atoms with Crippen LogP contribution in [0.3, 0.4) is 0 Å². The number of nitrogens with zero attached hydrogens (tertiary/aromatic N) is 2. The summed E-state index contributed by atoms with van der Waals surface area (Å²) in [6, 6.07) is 64.8. The molecule has 0 saturated heterocycles. The fraction of sp³-hybridized carbons (Fsp3) is 0.176. The standard InChI is InChI=1S/C51H42N2S/c1-4-11-36(12-5-1)37-19-23-44(24-20-37)53(42-15-8-3-9-16-42)48-18-10-17-46-47-31-45(27-28-49(47)54-50(46)48)52(41-13-6-2-7-14-41)43-25-21-40(22-26-43)51-32-35-29-38(33-51)39(30-35)34-51/h1-28,31,35,38-39H,29-30,32-34H2. The minimum absolute atomic E-state index is 0.413. The number of benzene rings is 7. The molecule has 262 valence electrons. The highest BCUT2D eigenvalue weighted by Gasteiger charge is 2.56. The summed E-state index contributed by atoms with van der Waals surface area (Å²) >= 11 is 1.89. The first-order chi connectivity index (χ1) is 26.7. The van der Waals surface area contributed by atoms with E-state index in [0.717, 1.165) is 29.1 Å². The third kappa shape index (κ3) is 5.28. The number of anilines is 6. The van der Waals surface area contributed by atoms with Crippen molar-refractivity contribution in [3.05, 3.63) is 181 Å². The fourth-order valence-electron chi connectivity index (χ4n) is 10.7. The summed E-state index contributed by atoms with van der Waals surface area (Å²) in [7, 11) is 0. The van der Waals surface area contributed by atoms with Crippen molar-refractivity contribution in [2.45, 2.75) is 37.5 Å². The maximum atomic E-state index is 2.47. The molecule has 2 atom stereocenters. The molecule has 0 amide bonds. The summed E-state index contributed by atoms with van der Waals surface area (Å²) in [4.78, 5) is 4.85. The number of fused-ring (bicyclic) bond motifs is 3. The lowest BCUT2D eigenvalue weighted by Gasteiger charge is -2.39. The molecule has 1 aromatic heterocycles. The molecule has 12 rings (SSSR count). The second-order valence-corrected chi connectivity index (χ2v) is 17.0. The van der Waals surface area contributed by atoms with Gasteiger partial charge in [0.15, 0.2) is 0 Å². The van der Waals surface area contributed by atoms with Gasteiger partial charge in [0.2, 0.25) is 0 Å². The van der Waals surface area contributed by atoms with Crippen molar-refractivity contribution in [2.75, 3.05) is 9.80 Å². The molecule has 0 spiro atoms. The number of rotatable bonds is 8. The monoisotopic (exact) mass is 714 g/mol. The Hall–Kier alpha value is -5.64. The van der Waals surface area contributed by atoms with Gasteiger partial charge in [-0.2, -0.15) is 0 Å². The highest BCUT2D eigenvalue weighted by atomic mass is 32.1. The van der Waals surface area contributed by atoms with E-state index in [2.05, 4.69) is 186 Å². The average molecular weight is 715 g/mol. The average Bonchev–Trinajstić information content (AvgIpc) is 3.84. The van der Waals surface area contributed by atoms with Crippen molar-refractivity contribution in [1.82, 2.24) is 0 Å². The summed E-state index contributed by atoms with van der Waals surface area (Å²) in [5.74, 6) is 2.89. The summed E-state index contributed by atoms with van der Waals surface area (Å²) < 4.78 is 2.58. The largest absolute Gasteiger partial charge is 0.310 e. The molecule has 54 heavy (non-hydrogen) atoms. The van der Waals surface area contributed by atoms with E-state index in [1.807, 2.05) is 11.3 Å². The third-order valence-electron chi connectivity index (χ3n) is 12.9. The lowest BCUT2D eigenvalue weighted by Crippen LogP contribution is -2.31. The highest BCUT2D eigenvalue weighted by Crippen LogP contribution is 2.64. The molecule has 4 aliphatic carbocycles. The molecular formula is C51H42N2S. The molecule has 2 unspecified atom stereocenters. The van der Waals surface area contributed by atoms with E-state index in [-0.39, 0.29) is 0 Å². The third-order valence-corrected chi connectivity index (χ3v) is 14.1. The molecule has 0 radical (unpaired) electrons. The Morgan fingerprint density at radius 1 is 0.444 bits per heavy atom. The van der Waals surface area contributed by atoms with Crippen LogP contribution >= 0.6 is 11.3 Å². The van der Waals surface area contributed by atoms with Crippen LogP contribution in [0.25, 0.3) is 31.3 Å². The van der Waals surface area contributed by atoms with Gasteiger partial charge in [-0.1, -0.05) is 103 Å². The maximum Gasteiger partial charge on any atom is 0.0640 e. The Morgan fingerprint density at radius 2 is 1.00 bits per heavy atom. The molecule has 2 nitrogen and oxygen atoms in total. The van der Waals surface area contributed by atoms with Crippen molar-refractivity contribution >= 4 is 65.6 Å². The summed E-state index contributed by atoms with van der Waals surface area (Å²) in [6.45, 7) is 0. The molecule has 7 aromatic carbocycles. The van der Waals surface area contributed by atoms with Gasteiger partial charge >= 0.3 is 0 Å². The number of hydrogen-bond acceptors (Lipinski definition) is 3. The molecular weight excluding hydrogens is 673 g/mol. The van der Waals surface area contributed by atoms with Crippen LogP contribution in [0.1, 0.15) is 37.7 Å². The van der Waals surface area contributed by atoms with Crippen molar-refractivity contribution in [3.8, 4) is 11.1 Å². The van der Waals surface area contributed by atoms with Gasteiger partial charge in [0.25, 0.3) is 0 Å². The van der Waals surface area contributed by atoms with Crippen LogP contribution < -0.4 is 9.80 Å². The zero-order valence-corrected chi connectivity index (χ0v) is 31.1. The number of hydrogen-bond donors (Lipinski definition) is 0. The zero-order valence-electron chi connectivity index (χ0n) is 30.3. The van der Waals surface area contributed by atoms with E-state index in [9.17, 15) is 0 Å². The van der Waals surface area contributed by atoms with Gasteiger partial charge in [0.1, 0.15) is 0 Å². The Bertz CT molecular complexity index is 2570. The van der Waals surface area contributed by atoms with Crippen LogP contribution in [0.2, 0.25) is 0 Å². The topological polar surface area (TPSA) is 6.48 Å². The quantitative estimate of drug-likeness (QED) is 0.155. The van der Waals surface area contributed by atoms with Crippen LogP contribution in [0.15, 0.2) is 176 Å². The van der Waals surface area contributed by atoms with Crippen LogP contribution in [-0.4, -0.2) is 0 Å². The summed E-state index contributed by atoms with van der Waals surface area (Å²) in [5.41, 5.74) is 11.5. The van der Waals surface area contributed by atoms with E-state index in [1.165, 1.54) is 86.2 Å². The SMILES string of the molecule is c1ccc(-c2ccc(N(c3ccccc3)c3cccc4c3sc3ccc(N(c5ccccc5)c5ccc(C67CC8CC(C6)C(C8)C7)cc5)cc34)cc2)cc1. The first kappa shape index (κ1) is 31.8. The Balaban J connectivity index is 0.999. The fourth-order valence-corrected chi connectivity index (χ4v) is 11.9. The lowest BCUT2D eigenvalue weighted by molar-refractivity contribution is 0.229. The molecule has 3 heteroatoms. The molecule has 4 aliphatic rings. The van der Waals surface area contributed by atoms with Crippen LogP contribution in [0.5, 0.6) is 0 Å². The van der Waals surface area contributed by atoms with Crippen LogP contribution in [-0.2, 0) is 5.41 Å². The normalized spacial score (nSPS) is 21.2. The molecule has 4 bridgehead atoms. The van der Waals surface area contributed by atoms with Crippen molar-refractivity contribution < 1.29 is 0 Å². The Kier molecular flexibility index (Phi) is 7.52. The van der Waals surface area contributed by atoms with Gasteiger partial charge in [0, 0.05) is 43.9 Å². The number of para-hydroxylation sites is 2. The van der Waals surface area contributed by atoms with Crippen LogP contribution in [0.4, 0.5) is 34.1 Å². The van der Waals surface area contributed by atoms with Gasteiger partial charge in [-0.05, 0) is 145 Å².